The van der Waals surface area contributed by atoms with E-state index in [1.807, 2.05) is 18.3 Å². The van der Waals surface area contributed by atoms with Crippen molar-refractivity contribution in [3.63, 3.8) is 0 Å². The molecule has 0 radical (unpaired) electrons. The van der Waals surface area contributed by atoms with E-state index in [1.54, 1.807) is 26.4 Å². The molecule has 3 aromatic rings. The molecule has 7 nitrogen and oxygen atoms in total. The fraction of sp³-hybridized carbons (Fsp3) is 0.538. The molecular formula is C26H39F2N7. The second-order valence-corrected chi connectivity index (χ2v) is 9.53. The summed E-state index contributed by atoms with van der Waals surface area (Å²) in [5, 5.41) is 11.5. The number of fused-ring (bicyclic) bond motifs is 1. The topological polar surface area (TPSA) is 81.6 Å². The Balaban J connectivity index is 0.000000337. The third-order valence-corrected chi connectivity index (χ3v) is 7.19. The Hall–Kier alpha value is -2.94. The highest BCUT2D eigenvalue weighted by molar-refractivity contribution is 5.93. The summed E-state index contributed by atoms with van der Waals surface area (Å²) >= 11 is 0. The maximum atomic E-state index is 12.6. The number of aromatic amines is 1. The summed E-state index contributed by atoms with van der Waals surface area (Å²) in [6.45, 7) is 5.18. The SMILES string of the molecule is CC1(N2CCCC2)CCC1.CN=Nc1ccc(-c2c[nH]c3nc(NC)ncc23)cc1CCC(F)F.[HH].[HH]. The summed E-state index contributed by atoms with van der Waals surface area (Å²) < 4.78 is 25.2. The normalized spacial score (nSPS) is 17.5. The first-order chi connectivity index (χ1) is 16.9. The third-order valence-electron chi connectivity index (χ3n) is 7.19. The molecule has 0 unspecified atom stereocenters. The molecule has 9 heteroatoms. The molecule has 1 aliphatic carbocycles. The van der Waals surface area contributed by atoms with E-state index in [0.717, 1.165) is 22.1 Å². The van der Waals surface area contributed by atoms with Crippen LogP contribution in [-0.4, -0.2) is 59.0 Å². The smallest absolute Gasteiger partial charge is 0.239 e. The Bertz CT molecular complexity index is 1160. The molecule has 1 aliphatic heterocycles. The minimum absolute atomic E-state index is 0. The van der Waals surface area contributed by atoms with Crippen LogP contribution in [0.2, 0.25) is 0 Å². The minimum Gasteiger partial charge on any atom is -0.357 e. The summed E-state index contributed by atoms with van der Waals surface area (Å²) in [7, 11) is 3.31. The van der Waals surface area contributed by atoms with Gasteiger partial charge in [-0.15, -0.1) is 0 Å². The molecule has 5 rings (SSSR count). The number of nitrogens with one attached hydrogen (secondary N) is 2. The number of azo groups is 1. The zero-order chi connectivity index (χ0) is 24.8. The Morgan fingerprint density at radius 2 is 2.00 bits per heavy atom. The predicted octanol–water partition coefficient (Wildman–Crippen LogP) is 7.09. The Kier molecular flexibility index (Phi) is 8.05. The molecule has 2 fully saturated rings. The summed E-state index contributed by atoms with van der Waals surface area (Å²) in [5.41, 5.74) is 4.50. The first-order valence-corrected chi connectivity index (χ1v) is 12.4. The molecule has 0 amide bonds. The van der Waals surface area contributed by atoms with Gasteiger partial charge in [-0.3, -0.25) is 4.90 Å². The van der Waals surface area contributed by atoms with Crippen molar-refractivity contribution in [1.82, 2.24) is 19.9 Å². The molecule has 2 aromatic heterocycles. The van der Waals surface area contributed by atoms with Crippen molar-refractivity contribution in [2.75, 3.05) is 32.5 Å². The average Bonchev–Trinajstić information content (AvgIpc) is 3.52. The van der Waals surface area contributed by atoms with Crippen LogP contribution < -0.4 is 5.32 Å². The van der Waals surface area contributed by atoms with Crippen molar-refractivity contribution in [2.24, 2.45) is 10.2 Å². The minimum atomic E-state index is -2.35. The summed E-state index contributed by atoms with van der Waals surface area (Å²) in [6, 6.07) is 5.57. The lowest BCUT2D eigenvalue weighted by atomic mass is 9.77. The average molecular weight is 488 g/mol. The van der Waals surface area contributed by atoms with E-state index >= 15 is 0 Å². The van der Waals surface area contributed by atoms with Crippen LogP contribution in [0.4, 0.5) is 20.4 Å². The number of hydrogen-bond acceptors (Lipinski definition) is 6. The van der Waals surface area contributed by atoms with Gasteiger partial charge in [0.05, 0.1) is 5.69 Å². The molecule has 1 saturated heterocycles. The van der Waals surface area contributed by atoms with E-state index in [2.05, 4.69) is 42.3 Å². The maximum Gasteiger partial charge on any atom is 0.239 e. The number of anilines is 1. The second-order valence-electron chi connectivity index (χ2n) is 9.53. The number of rotatable bonds is 7. The zero-order valence-corrected chi connectivity index (χ0v) is 20.8. The molecule has 35 heavy (non-hydrogen) atoms. The molecule has 3 heterocycles. The van der Waals surface area contributed by atoms with E-state index in [-0.39, 0.29) is 15.7 Å². The third kappa shape index (κ3) is 5.83. The Morgan fingerprint density at radius 1 is 1.23 bits per heavy atom. The van der Waals surface area contributed by atoms with Gasteiger partial charge in [-0.2, -0.15) is 15.2 Å². The zero-order valence-electron chi connectivity index (χ0n) is 20.8. The Labute approximate surface area is 208 Å². The maximum absolute atomic E-state index is 12.6. The first-order valence-electron chi connectivity index (χ1n) is 12.4. The quantitative estimate of drug-likeness (QED) is 0.348. The monoisotopic (exact) mass is 487 g/mol. The van der Waals surface area contributed by atoms with Crippen molar-refractivity contribution < 1.29 is 11.6 Å². The number of halogens is 2. The highest BCUT2D eigenvalue weighted by atomic mass is 19.3. The van der Waals surface area contributed by atoms with Gasteiger partial charge in [-0.25, -0.2) is 13.8 Å². The number of benzene rings is 1. The van der Waals surface area contributed by atoms with Gasteiger partial charge in [0.15, 0.2) is 0 Å². The van der Waals surface area contributed by atoms with Gasteiger partial charge in [0.25, 0.3) is 0 Å². The molecule has 0 atom stereocenters. The van der Waals surface area contributed by atoms with Gasteiger partial charge in [-0.05, 0) is 81.8 Å². The largest absolute Gasteiger partial charge is 0.357 e. The van der Waals surface area contributed by atoms with E-state index in [1.165, 1.54) is 45.2 Å². The van der Waals surface area contributed by atoms with Gasteiger partial charge in [0, 0.05) is 52.3 Å². The fourth-order valence-corrected chi connectivity index (χ4v) is 4.95. The van der Waals surface area contributed by atoms with Crippen molar-refractivity contribution in [2.45, 2.75) is 63.8 Å². The molecule has 0 spiro atoms. The molecule has 2 N–H and O–H groups in total. The second kappa shape index (κ2) is 11.2. The molecule has 0 bridgehead atoms. The summed E-state index contributed by atoms with van der Waals surface area (Å²) in [6.07, 6.45) is 8.50. The van der Waals surface area contributed by atoms with Crippen molar-refractivity contribution in [3.05, 3.63) is 36.2 Å². The number of H-pyrrole nitrogens is 1. The van der Waals surface area contributed by atoms with Crippen LogP contribution in [0.3, 0.4) is 0 Å². The standard InChI is InChI=1S/C17H18F2N6.C9H17N.2H2/c1-20-17-23-9-13-12(8-22-16(13)24-17)10-3-5-14(25-21-2)11(7-10)4-6-15(18)19;1-9(5-4-6-9)10-7-2-3-8-10;;/h3,5,7-9,15H,4,6H2,1-2H3,(H2,20,22,23,24);2-8H2,1H3;2*1H. The van der Waals surface area contributed by atoms with Gasteiger partial charge in [0.1, 0.15) is 5.65 Å². The molecule has 1 saturated carbocycles. The lowest BCUT2D eigenvalue weighted by Gasteiger charge is -2.46. The van der Waals surface area contributed by atoms with Crippen LogP contribution in [0, 0.1) is 0 Å². The van der Waals surface area contributed by atoms with Crippen LogP contribution in [0.15, 0.2) is 40.8 Å². The lowest BCUT2D eigenvalue weighted by Crippen LogP contribution is -2.49. The Morgan fingerprint density at radius 3 is 2.63 bits per heavy atom. The van der Waals surface area contributed by atoms with Crippen LogP contribution in [-0.2, 0) is 6.42 Å². The van der Waals surface area contributed by atoms with Gasteiger partial charge >= 0.3 is 0 Å². The van der Waals surface area contributed by atoms with Gasteiger partial charge < -0.3 is 10.3 Å². The number of nitrogens with zero attached hydrogens (tertiary/aromatic N) is 5. The van der Waals surface area contributed by atoms with E-state index in [9.17, 15) is 8.78 Å². The van der Waals surface area contributed by atoms with E-state index in [0.29, 0.717) is 22.8 Å². The highest BCUT2D eigenvalue weighted by Gasteiger charge is 2.38. The van der Waals surface area contributed by atoms with Crippen molar-refractivity contribution in [1.29, 1.82) is 0 Å². The van der Waals surface area contributed by atoms with Crippen molar-refractivity contribution >= 4 is 22.7 Å². The molecule has 1 aromatic carbocycles. The molecular weight excluding hydrogens is 448 g/mol. The fourth-order valence-electron chi connectivity index (χ4n) is 4.95. The number of aromatic nitrogens is 3. The molecule has 192 valence electrons. The van der Waals surface area contributed by atoms with Crippen LogP contribution >= 0.6 is 0 Å². The molecule has 2 aliphatic rings. The summed E-state index contributed by atoms with van der Waals surface area (Å²) in [4.78, 5) is 14.4. The van der Waals surface area contributed by atoms with Crippen molar-refractivity contribution in [3.8, 4) is 11.1 Å². The first kappa shape index (κ1) is 25.2. The van der Waals surface area contributed by atoms with Gasteiger partial charge in [0.2, 0.25) is 12.4 Å². The number of aryl methyl sites for hydroxylation is 1. The predicted molar refractivity (Wildman–Crippen MR) is 141 cm³/mol. The number of likely N-dealkylation sites (tertiary alicyclic amines) is 1. The highest BCUT2D eigenvalue weighted by Crippen LogP contribution is 2.38. The van der Waals surface area contributed by atoms with Gasteiger partial charge in [-0.1, -0.05) is 6.07 Å². The summed E-state index contributed by atoms with van der Waals surface area (Å²) in [5.74, 6) is 0.525. The van der Waals surface area contributed by atoms with Crippen LogP contribution in [0.5, 0.6) is 0 Å². The van der Waals surface area contributed by atoms with Crippen LogP contribution in [0.1, 0.15) is 53.9 Å². The number of alkyl halides is 2. The van der Waals surface area contributed by atoms with E-state index in [4.69, 9.17) is 0 Å². The number of hydrogen-bond donors (Lipinski definition) is 2. The van der Waals surface area contributed by atoms with E-state index < -0.39 is 6.43 Å². The van der Waals surface area contributed by atoms with Crippen LogP contribution in [0.25, 0.3) is 22.2 Å². The lowest BCUT2D eigenvalue weighted by molar-refractivity contribution is 0.0544.